The van der Waals surface area contributed by atoms with Crippen molar-refractivity contribution in [2.75, 3.05) is 0 Å². The molecule has 0 heterocycles. The molecule has 19 heteroatoms. The SMILES string of the molecule is O=[N+]([O-])c1cc(/C=C/C(c2ccc(F)cc2)S(=O)(=O)C(/C=C/c2cc([N+](=O)[O-])cc([N+](=O)[O-])c2O)c2ccc(F)cc2)c(O)c([N+](=O)[O-])c1. The van der Waals surface area contributed by atoms with E-state index in [1.165, 1.54) is 0 Å². The molecule has 4 aromatic carbocycles. The predicted molar refractivity (Wildman–Crippen MR) is 168 cm³/mol. The number of nitrogens with zero attached hydrogens (tertiary/aromatic N) is 4. The second-order valence-electron chi connectivity index (χ2n) is 10.1. The minimum Gasteiger partial charge on any atom is -0.502 e. The van der Waals surface area contributed by atoms with E-state index in [0.717, 1.165) is 85.0 Å². The standard InChI is InChI=1S/C30H20F2N4O12S/c31-21-7-1-17(2-8-21)27(11-5-19-13-23(33(39)40)15-25(29(19)37)35(43)44)49(47,48)28(18-3-9-22(32)10-4-18)12-6-20-14-24(34(41)42)16-26(30(20)38)36(45)46/h1-16,27-28,37-38H/b11-5+,12-6+. The van der Waals surface area contributed by atoms with E-state index in [1.54, 1.807) is 0 Å². The summed E-state index contributed by atoms with van der Waals surface area (Å²) < 4.78 is 56.7. The Morgan fingerprint density at radius 2 is 0.898 bits per heavy atom. The minimum atomic E-state index is -4.78. The van der Waals surface area contributed by atoms with Crippen LogP contribution in [0.4, 0.5) is 31.5 Å². The first-order valence-electron chi connectivity index (χ1n) is 13.4. The van der Waals surface area contributed by atoms with Gasteiger partial charge in [0.25, 0.3) is 11.4 Å². The largest absolute Gasteiger partial charge is 0.502 e. The monoisotopic (exact) mass is 698 g/mol. The zero-order valence-corrected chi connectivity index (χ0v) is 25.1. The average molecular weight is 699 g/mol. The third-order valence-corrected chi connectivity index (χ3v) is 9.30. The van der Waals surface area contributed by atoms with Crippen LogP contribution < -0.4 is 0 Å². The third-order valence-electron chi connectivity index (χ3n) is 7.03. The zero-order valence-electron chi connectivity index (χ0n) is 24.3. The van der Waals surface area contributed by atoms with Crippen LogP contribution in [0.3, 0.4) is 0 Å². The van der Waals surface area contributed by atoms with Gasteiger partial charge in [-0.25, -0.2) is 17.2 Å². The summed E-state index contributed by atoms with van der Waals surface area (Å²) in [5, 5.41) is 63.0. The molecule has 16 nitrogen and oxygen atoms in total. The smallest absolute Gasteiger partial charge is 0.318 e. The highest BCUT2D eigenvalue weighted by atomic mass is 32.2. The fourth-order valence-corrected chi connectivity index (χ4v) is 6.64. The number of phenols is 2. The molecule has 2 atom stereocenters. The number of aromatic hydroxyl groups is 2. The number of benzene rings is 4. The molecule has 0 saturated carbocycles. The van der Waals surface area contributed by atoms with E-state index in [1.807, 2.05) is 0 Å². The Morgan fingerprint density at radius 1 is 0.571 bits per heavy atom. The van der Waals surface area contributed by atoms with Crippen LogP contribution in [0.25, 0.3) is 12.2 Å². The van der Waals surface area contributed by atoms with Crippen LogP contribution in [-0.4, -0.2) is 38.3 Å². The Morgan fingerprint density at radius 3 is 1.18 bits per heavy atom. The summed E-state index contributed by atoms with van der Waals surface area (Å²) >= 11 is 0. The van der Waals surface area contributed by atoms with Gasteiger partial charge in [0.1, 0.15) is 22.1 Å². The maximum Gasteiger partial charge on any atom is 0.318 e. The molecule has 0 bridgehead atoms. The van der Waals surface area contributed by atoms with Gasteiger partial charge in [0.2, 0.25) is 11.5 Å². The highest BCUT2D eigenvalue weighted by molar-refractivity contribution is 7.92. The maximum absolute atomic E-state index is 14.5. The van der Waals surface area contributed by atoms with Crippen molar-refractivity contribution in [1.29, 1.82) is 0 Å². The van der Waals surface area contributed by atoms with Crippen molar-refractivity contribution in [3.63, 3.8) is 0 Å². The van der Waals surface area contributed by atoms with Crippen molar-refractivity contribution < 1.29 is 47.1 Å². The van der Waals surface area contributed by atoms with Gasteiger partial charge < -0.3 is 10.2 Å². The molecule has 0 spiro atoms. The Labute approximate surface area is 273 Å². The summed E-state index contributed by atoms with van der Waals surface area (Å²) in [5.41, 5.74) is -5.07. The van der Waals surface area contributed by atoms with Gasteiger partial charge in [-0.2, -0.15) is 0 Å². The summed E-state index contributed by atoms with van der Waals surface area (Å²) in [6, 6.07) is 10.4. The fraction of sp³-hybridized carbons (Fsp3) is 0.0667. The van der Waals surface area contributed by atoms with Gasteiger partial charge in [0.15, 0.2) is 9.84 Å². The van der Waals surface area contributed by atoms with Gasteiger partial charge in [0, 0.05) is 23.3 Å². The number of nitro benzene ring substituents is 4. The van der Waals surface area contributed by atoms with Crippen LogP contribution in [0, 0.1) is 52.1 Å². The van der Waals surface area contributed by atoms with Crippen LogP contribution in [0.5, 0.6) is 11.5 Å². The van der Waals surface area contributed by atoms with Crippen LogP contribution in [0.1, 0.15) is 32.8 Å². The van der Waals surface area contributed by atoms with Crippen LogP contribution in [-0.2, 0) is 9.84 Å². The lowest BCUT2D eigenvalue weighted by molar-refractivity contribution is -0.395. The van der Waals surface area contributed by atoms with Crippen molar-refractivity contribution in [3.8, 4) is 11.5 Å². The number of non-ortho nitro benzene ring substituents is 2. The summed E-state index contributed by atoms with van der Waals surface area (Å²) in [5.74, 6) is -3.62. The minimum absolute atomic E-state index is 0.119. The second-order valence-corrected chi connectivity index (χ2v) is 12.3. The van der Waals surface area contributed by atoms with Crippen LogP contribution in [0.15, 0.2) is 84.9 Å². The van der Waals surface area contributed by atoms with Crippen molar-refractivity contribution in [2.24, 2.45) is 0 Å². The lowest BCUT2D eigenvalue weighted by Crippen LogP contribution is -2.19. The van der Waals surface area contributed by atoms with Gasteiger partial charge in [-0.1, -0.05) is 48.6 Å². The third kappa shape index (κ3) is 7.68. The molecular weight excluding hydrogens is 678 g/mol. The highest BCUT2D eigenvalue weighted by Crippen LogP contribution is 2.41. The maximum atomic E-state index is 14.5. The number of sulfone groups is 1. The lowest BCUT2D eigenvalue weighted by atomic mass is 10.1. The van der Waals surface area contributed by atoms with Crippen molar-refractivity contribution in [3.05, 3.63) is 159 Å². The zero-order chi connectivity index (χ0) is 36.2. The van der Waals surface area contributed by atoms with Crippen molar-refractivity contribution >= 4 is 44.7 Å². The van der Waals surface area contributed by atoms with Crippen molar-refractivity contribution in [2.45, 2.75) is 10.5 Å². The van der Waals surface area contributed by atoms with Gasteiger partial charge in [-0.3, -0.25) is 40.5 Å². The summed E-state index contributed by atoms with van der Waals surface area (Å²) in [6.45, 7) is 0. The molecule has 4 aromatic rings. The predicted octanol–water partition coefficient (Wildman–Crippen LogP) is 6.63. The highest BCUT2D eigenvalue weighted by Gasteiger charge is 2.34. The quantitative estimate of drug-likeness (QED) is 0.117. The first kappa shape index (κ1) is 35.2. The van der Waals surface area contributed by atoms with E-state index < -0.39 is 97.0 Å². The molecule has 0 aliphatic rings. The second kappa shape index (κ2) is 14.0. The van der Waals surface area contributed by atoms with E-state index in [2.05, 4.69) is 0 Å². The van der Waals surface area contributed by atoms with Crippen molar-refractivity contribution in [1.82, 2.24) is 0 Å². The number of phenolic OH excluding ortho intramolecular Hbond substituents is 2. The Bertz CT molecular complexity index is 2010. The molecule has 0 aliphatic heterocycles. The normalized spacial score (nSPS) is 12.9. The first-order valence-corrected chi connectivity index (χ1v) is 15.0. The number of hydrogen-bond acceptors (Lipinski definition) is 12. The van der Waals surface area contributed by atoms with Crippen LogP contribution in [0.2, 0.25) is 0 Å². The summed E-state index contributed by atoms with van der Waals surface area (Å²) in [4.78, 5) is 41.5. The fourth-order valence-electron chi connectivity index (χ4n) is 4.66. The van der Waals surface area contributed by atoms with E-state index >= 15 is 0 Å². The molecule has 0 saturated heterocycles. The van der Waals surface area contributed by atoms with E-state index in [-0.39, 0.29) is 11.1 Å². The number of nitro groups is 4. The molecule has 2 unspecified atom stereocenters. The number of hydrogen-bond donors (Lipinski definition) is 2. The molecule has 0 aromatic heterocycles. The number of halogens is 2. The molecule has 2 N–H and O–H groups in total. The average Bonchev–Trinajstić information content (AvgIpc) is 3.03. The molecule has 4 rings (SSSR count). The van der Waals surface area contributed by atoms with Gasteiger partial charge in [-0.05, 0) is 35.4 Å². The van der Waals surface area contributed by atoms with Gasteiger partial charge in [0.05, 0.1) is 31.8 Å². The van der Waals surface area contributed by atoms with E-state index in [9.17, 15) is 67.9 Å². The lowest BCUT2D eigenvalue weighted by Gasteiger charge is -2.22. The first-order chi connectivity index (χ1) is 23.0. The van der Waals surface area contributed by atoms with E-state index in [4.69, 9.17) is 0 Å². The van der Waals surface area contributed by atoms with E-state index in [0.29, 0.717) is 12.1 Å². The molecule has 49 heavy (non-hydrogen) atoms. The summed E-state index contributed by atoms with van der Waals surface area (Å²) in [7, 11) is -4.78. The molecule has 0 aliphatic carbocycles. The Balaban J connectivity index is 1.96. The van der Waals surface area contributed by atoms with Crippen LogP contribution >= 0.6 is 0 Å². The van der Waals surface area contributed by atoms with Gasteiger partial charge >= 0.3 is 11.4 Å². The summed E-state index contributed by atoms with van der Waals surface area (Å²) in [6.07, 6.45) is 3.49. The molecule has 252 valence electrons. The number of rotatable bonds is 12. The topological polar surface area (TPSA) is 247 Å². The molecule has 0 amide bonds. The molecule has 0 fully saturated rings. The van der Waals surface area contributed by atoms with Gasteiger partial charge in [-0.15, -0.1) is 0 Å². The molecule has 0 radical (unpaired) electrons. The molecular formula is C30H20F2N4O12S. The Kier molecular flexibility index (Phi) is 10.1. The Hall–Kier alpha value is -6.63.